The lowest BCUT2D eigenvalue weighted by Crippen LogP contribution is -2.54. The van der Waals surface area contributed by atoms with E-state index >= 15 is 0 Å². The summed E-state index contributed by atoms with van der Waals surface area (Å²) < 4.78 is 12.3. The molecule has 0 atom stereocenters. The Balaban J connectivity index is 1.51. The van der Waals surface area contributed by atoms with Crippen LogP contribution >= 0.6 is 12.2 Å². The fourth-order valence-electron chi connectivity index (χ4n) is 4.29. The molecule has 1 fully saturated rings. The van der Waals surface area contributed by atoms with Crippen molar-refractivity contribution < 1.29 is 23.5 Å². The molecule has 186 valence electrons. The van der Waals surface area contributed by atoms with Crippen LogP contribution in [0, 0.1) is 0 Å². The molecule has 1 aliphatic rings. The van der Waals surface area contributed by atoms with Gasteiger partial charge in [-0.3, -0.25) is 19.8 Å². The van der Waals surface area contributed by atoms with Gasteiger partial charge in [-0.15, -0.1) is 0 Å². The van der Waals surface area contributed by atoms with Crippen LogP contribution in [0.1, 0.15) is 34.4 Å². The molecule has 2 amide bonds. The van der Waals surface area contributed by atoms with Crippen molar-refractivity contribution in [2.75, 3.05) is 12.0 Å². The SMILES string of the molecule is CCc1ccc(N2C(=O)/C(=C/c3cn(Cc4ccc(C(=O)OC)o4)c4ccccc34)C(=O)NC2=S)cc1. The van der Waals surface area contributed by atoms with Crippen molar-refractivity contribution in [2.45, 2.75) is 19.9 Å². The number of carbonyl (C=O) groups excluding carboxylic acids is 3. The van der Waals surface area contributed by atoms with E-state index in [4.69, 9.17) is 21.4 Å². The van der Waals surface area contributed by atoms with E-state index in [1.54, 1.807) is 18.2 Å². The number of hydrogen-bond donors (Lipinski definition) is 1. The highest BCUT2D eigenvalue weighted by atomic mass is 32.1. The molecule has 8 nitrogen and oxygen atoms in total. The number of nitrogens with one attached hydrogen (secondary N) is 1. The minimum Gasteiger partial charge on any atom is -0.463 e. The fraction of sp³-hybridized carbons (Fsp3) is 0.143. The van der Waals surface area contributed by atoms with E-state index in [9.17, 15) is 14.4 Å². The number of aromatic nitrogens is 1. The quantitative estimate of drug-likeness (QED) is 0.177. The molecule has 0 aliphatic carbocycles. The van der Waals surface area contributed by atoms with Gasteiger partial charge in [-0.1, -0.05) is 37.3 Å². The van der Waals surface area contributed by atoms with Gasteiger partial charge in [0.15, 0.2) is 5.11 Å². The number of benzene rings is 2. The Kier molecular flexibility index (Phi) is 6.45. The molecular formula is C28H23N3O5S. The molecule has 0 radical (unpaired) electrons. The fourth-order valence-corrected chi connectivity index (χ4v) is 4.57. The van der Waals surface area contributed by atoms with E-state index in [0.717, 1.165) is 22.9 Å². The zero-order valence-electron chi connectivity index (χ0n) is 20.2. The highest BCUT2D eigenvalue weighted by Gasteiger charge is 2.34. The van der Waals surface area contributed by atoms with Crippen LogP contribution in [0.25, 0.3) is 17.0 Å². The first kappa shape index (κ1) is 24.2. The summed E-state index contributed by atoms with van der Waals surface area (Å²) in [7, 11) is 1.29. The zero-order chi connectivity index (χ0) is 26.1. The number of anilines is 1. The smallest absolute Gasteiger partial charge is 0.373 e. The molecule has 9 heteroatoms. The third-order valence-electron chi connectivity index (χ3n) is 6.20. The number of carbonyl (C=O) groups is 3. The van der Waals surface area contributed by atoms with E-state index in [1.165, 1.54) is 12.0 Å². The minimum absolute atomic E-state index is 0.0259. The predicted octanol–water partition coefficient (Wildman–Crippen LogP) is 4.46. The lowest BCUT2D eigenvalue weighted by atomic mass is 10.1. The van der Waals surface area contributed by atoms with Crippen LogP contribution in [0.15, 0.2) is 76.9 Å². The Labute approximate surface area is 218 Å². The van der Waals surface area contributed by atoms with Crippen molar-refractivity contribution in [3.05, 3.63) is 95.1 Å². The van der Waals surface area contributed by atoms with Crippen LogP contribution in [0.4, 0.5) is 5.69 Å². The van der Waals surface area contributed by atoms with Crippen molar-refractivity contribution >= 4 is 57.8 Å². The predicted molar refractivity (Wildman–Crippen MR) is 143 cm³/mol. The standard InChI is InChI=1S/C28H23N3O5S/c1-3-17-8-10-19(11-9-17)31-26(33)22(25(32)29-28(31)37)14-18-15-30(23-7-5-4-6-21(18)23)16-20-12-13-24(36-20)27(34)35-2/h4-15H,3,16H2,1-2H3,(H,29,32,37)/b22-14+. The number of rotatable bonds is 6. The lowest BCUT2D eigenvalue weighted by molar-refractivity contribution is -0.122. The molecule has 1 aliphatic heterocycles. The Morgan fingerprint density at radius 1 is 1.08 bits per heavy atom. The molecule has 3 heterocycles. The van der Waals surface area contributed by atoms with Gasteiger partial charge in [0.2, 0.25) is 5.76 Å². The first-order valence-corrected chi connectivity index (χ1v) is 12.1. The summed E-state index contributed by atoms with van der Waals surface area (Å²) in [4.78, 5) is 39.4. The summed E-state index contributed by atoms with van der Waals surface area (Å²) in [5.74, 6) is -0.934. The third kappa shape index (κ3) is 4.56. The van der Waals surface area contributed by atoms with Crippen molar-refractivity contribution in [3.63, 3.8) is 0 Å². The number of fused-ring (bicyclic) bond motifs is 1. The topological polar surface area (TPSA) is 93.8 Å². The number of furan rings is 1. The van der Waals surface area contributed by atoms with Crippen molar-refractivity contribution in [1.29, 1.82) is 0 Å². The summed E-state index contributed by atoms with van der Waals surface area (Å²) in [6.45, 7) is 2.38. The van der Waals surface area contributed by atoms with Crippen LogP contribution in [0.5, 0.6) is 0 Å². The Bertz CT molecular complexity index is 1580. The summed E-state index contributed by atoms with van der Waals surface area (Å²) in [5, 5.41) is 3.52. The van der Waals surface area contributed by atoms with Gasteiger partial charge < -0.3 is 13.7 Å². The second kappa shape index (κ2) is 9.87. The molecule has 1 N–H and O–H groups in total. The van der Waals surface area contributed by atoms with Gasteiger partial charge in [-0.2, -0.15) is 0 Å². The average molecular weight is 514 g/mol. The molecule has 0 spiro atoms. The molecule has 5 rings (SSSR count). The van der Waals surface area contributed by atoms with Crippen LogP contribution in [-0.2, 0) is 27.3 Å². The summed E-state index contributed by atoms with van der Waals surface area (Å²) in [5.41, 5.74) is 3.24. The van der Waals surface area contributed by atoms with Crippen molar-refractivity contribution in [1.82, 2.24) is 9.88 Å². The minimum atomic E-state index is -0.554. The van der Waals surface area contributed by atoms with Gasteiger partial charge in [0.25, 0.3) is 11.8 Å². The molecule has 0 saturated carbocycles. The van der Waals surface area contributed by atoms with Gasteiger partial charge in [0.05, 0.1) is 19.3 Å². The van der Waals surface area contributed by atoms with Gasteiger partial charge in [-0.25, -0.2) is 4.79 Å². The van der Waals surface area contributed by atoms with Gasteiger partial charge in [0.1, 0.15) is 11.3 Å². The summed E-state index contributed by atoms with van der Waals surface area (Å²) in [6.07, 6.45) is 4.28. The third-order valence-corrected chi connectivity index (χ3v) is 6.48. The van der Waals surface area contributed by atoms with Crippen LogP contribution in [0.2, 0.25) is 0 Å². The Hall–Kier alpha value is -4.50. The first-order chi connectivity index (χ1) is 17.9. The maximum atomic E-state index is 13.5. The van der Waals surface area contributed by atoms with E-state index in [2.05, 4.69) is 5.32 Å². The van der Waals surface area contributed by atoms with E-state index in [1.807, 2.05) is 66.2 Å². The number of esters is 1. The number of ether oxygens (including phenoxy) is 1. The monoisotopic (exact) mass is 513 g/mol. The maximum absolute atomic E-state index is 13.5. The first-order valence-electron chi connectivity index (χ1n) is 11.6. The number of methoxy groups -OCH3 is 1. The Morgan fingerprint density at radius 2 is 1.84 bits per heavy atom. The number of amides is 2. The second-order valence-electron chi connectivity index (χ2n) is 8.46. The number of hydrogen-bond acceptors (Lipinski definition) is 6. The second-order valence-corrected chi connectivity index (χ2v) is 8.85. The zero-order valence-corrected chi connectivity index (χ0v) is 21.0. The van der Waals surface area contributed by atoms with Gasteiger partial charge in [0, 0.05) is 22.7 Å². The maximum Gasteiger partial charge on any atom is 0.373 e. The Morgan fingerprint density at radius 3 is 2.57 bits per heavy atom. The summed E-state index contributed by atoms with van der Waals surface area (Å²) >= 11 is 5.32. The number of aryl methyl sites for hydroxylation is 1. The number of para-hydroxylation sites is 1. The van der Waals surface area contributed by atoms with E-state index in [-0.39, 0.29) is 16.4 Å². The number of thiocarbonyl (C=S) groups is 1. The molecule has 2 aromatic carbocycles. The largest absolute Gasteiger partial charge is 0.463 e. The van der Waals surface area contributed by atoms with Crippen LogP contribution in [0.3, 0.4) is 0 Å². The molecule has 2 aromatic heterocycles. The highest BCUT2D eigenvalue weighted by molar-refractivity contribution is 7.80. The van der Waals surface area contributed by atoms with Crippen LogP contribution in [-0.4, -0.2) is 34.6 Å². The molecule has 37 heavy (non-hydrogen) atoms. The molecule has 0 unspecified atom stereocenters. The van der Waals surface area contributed by atoms with E-state index in [0.29, 0.717) is 23.6 Å². The van der Waals surface area contributed by atoms with Gasteiger partial charge >= 0.3 is 5.97 Å². The van der Waals surface area contributed by atoms with E-state index < -0.39 is 17.8 Å². The highest BCUT2D eigenvalue weighted by Crippen LogP contribution is 2.28. The van der Waals surface area contributed by atoms with Crippen LogP contribution < -0.4 is 10.2 Å². The van der Waals surface area contributed by atoms with Gasteiger partial charge in [-0.05, 0) is 60.6 Å². The van der Waals surface area contributed by atoms with Crippen molar-refractivity contribution in [3.8, 4) is 0 Å². The molecular weight excluding hydrogens is 490 g/mol. The lowest BCUT2D eigenvalue weighted by Gasteiger charge is -2.29. The molecule has 1 saturated heterocycles. The molecule has 0 bridgehead atoms. The summed E-state index contributed by atoms with van der Waals surface area (Å²) in [6, 6.07) is 18.4. The normalized spacial score (nSPS) is 14.9. The molecule has 4 aromatic rings. The van der Waals surface area contributed by atoms with Crippen molar-refractivity contribution in [2.24, 2.45) is 0 Å². The number of nitrogens with zero attached hydrogens (tertiary/aromatic N) is 2. The average Bonchev–Trinajstić information content (AvgIpc) is 3.51.